The van der Waals surface area contributed by atoms with Crippen molar-refractivity contribution in [3.8, 4) is 10.6 Å². The fraction of sp³-hybridized carbons (Fsp3) is 0.357. The van der Waals surface area contributed by atoms with E-state index in [1.165, 1.54) is 10.4 Å². The highest BCUT2D eigenvalue weighted by molar-refractivity contribution is 7.15. The van der Waals surface area contributed by atoms with Gasteiger partial charge in [-0.3, -0.25) is 0 Å². The third kappa shape index (κ3) is 3.38. The highest BCUT2D eigenvalue weighted by Gasteiger charge is 2.05. The van der Waals surface area contributed by atoms with E-state index in [9.17, 15) is 0 Å². The van der Waals surface area contributed by atoms with E-state index in [1.807, 2.05) is 6.20 Å². The van der Waals surface area contributed by atoms with E-state index in [1.54, 1.807) is 18.4 Å². The van der Waals surface area contributed by atoms with Gasteiger partial charge in [-0.1, -0.05) is 25.1 Å². The fourth-order valence-corrected chi connectivity index (χ4v) is 2.61. The Labute approximate surface area is 112 Å². The number of nitrogens with zero attached hydrogens (tertiary/aromatic N) is 1. The minimum atomic E-state index is 0.642. The fourth-order valence-electron chi connectivity index (χ4n) is 1.73. The van der Waals surface area contributed by atoms with Crippen molar-refractivity contribution in [3.63, 3.8) is 0 Å². The Bertz CT molecular complexity index is 496. The van der Waals surface area contributed by atoms with Crippen LogP contribution in [-0.4, -0.2) is 18.6 Å². The number of methoxy groups -OCH3 is 1. The quantitative estimate of drug-likeness (QED) is 0.868. The van der Waals surface area contributed by atoms with E-state index >= 15 is 0 Å². The Morgan fingerprint density at radius 2 is 2.28 bits per heavy atom. The van der Waals surface area contributed by atoms with Crippen LogP contribution >= 0.6 is 11.3 Å². The van der Waals surface area contributed by atoms with Crippen LogP contribution in [0.25, 0.3) is 10.6 Å². The van der Waals surface area contributed by atoms with Crippen LogP contribution in [0.1, 0.15) is 17.4 Å². The van der Waals surface area contributed by atoms with Crippen LogP contribution in [0.2, 0.25) is 0 Å². The van der Waals surface area contributed by atoms with Gasteiger partial charge < -0.3 is 10.1 Å². The molecular weight excluding hydrogens is 244 g/mol. The molecule has 0 unspecified atom stereocenters. The van der Waals surface area contributed by atoms with Crippen LogP contribution in [-0.2, 0) is 17.9 Å². The van der Waals surface area contributed by atoms with Gasteiger partial charge in [0.2, 0.25) is 0 Å². The smallest absolute Gasteiger partial charge is 0.123 e. The predicted octanol–water partition coefficient (Wildman–Crippen LogP) is 3.07. The molecule has 0 aliphatic carbocycles. The van der Waals surface area contributed by atoms with Gasteiger partial charge in [-0.05, 0) is 18.2 Å². The van der Waals surface area contributed by atoms with Crippen LogP contribution in [0.5, 0.6) is 0 Å². The normalized spacial score (nSPS) is 10.8. The molecule has 1 heterocycles. The van der Waals surface area contributed by atoms with Crippen molar-refractivity contribution in [2.45, 2.75) is 20.1 Å². The molecular formula is C14H18N2OS. The Morgan fingerprint density at radius 3 is 3.06 bits per heavy atom. The average molecular weight is 262 g/mol. The molecule has 0 radical (unpaired) electrons. The second-order valence-corrected chi connectivity index (χ2v) is 5.16. The maximum atomic E-state index is 5.15. The molecule has 0 fully saturated rings. The van der Waals surface area contributed by atoms with E-state index < -0.39 is 0 Å². The number of benzene rings is 1. The van der Waals surface area contributed by atoms with Crippen LogP contribution in [0.4, 0.5) is 0 Å². The van der Waals surface area contributed by atoms with Crippen molar-refractivity contribution >= 4 is 11.3 Å². The Morgan fingerprint density at radius 1 is 1.39 bits per heavy atom. The minimum Gasteiger partial charge on any atom is -0.380 e. The maximum absolute atomic E-state index is 5.15. The zero-order valence-electron chi connectivity index (χ0n) is 10.8. The van der Waals surface area contributed by atoms with Crippen molar-refractivity contribution in [2.75, 3.05) is 13.7 Å². The lowest BCUT2D eigenvalue weighted by atomic mass is 10.1. The van der Waals surface area contributed by atoms with Gasteiger partial charge in [0.05, 0.1) is 6.61 Å². The third-order valence-electron chi connectivity index (χ3n) is 2.59. The average Bonchev–Trinajstić information content (AvgIpc) is 2.86. The largest absolute Gasteiger partial charge is 0.380 e. The standard InChI is InChI=1S/C14H18N2OS/c1-3-15-8-13-9-16-14(18-13)12-6-4-5-11(7-12)10-17-2/h4-7,9,15H,3,8,10H2,1-2H3. The molecule has 0 saturated carbocycles. The summed E-state index contributed by atoms with van der Waals surface area (Å²) in [6, 6.07) is 8.35. The Kier molecular flexibility index (Phi) is 4.87. The van der Waals surface area contributed by atoms with Gasteiger partial charge in [-0.25, -0.2) is 4.98 Å². The molecule has 0 amide bonds. The number of hydrogen-bond donors (Lipinski definition) is 1. The lowest BCUT2D eigenvalue weighted by Gasteiger charge is -2.01. The first-order valence-electron chi connectivity index (χ1n) is 6.07. The highest BCUT2D eigenvalue weighted by atomic mass is 32.1. The number of aromatic nitrogens is 1. The van der Waals surface area contributed by atoms with Crippen LogP contribution in [0, 0.1) is 0 Å². The molecule has 96 valence electrons. The summed E-state index contributed by atoms with van der Waals surface area (Å²) in [5, 5.41) is 4.38. The van der Waals surface area contributed by atoms with Gasteiger partial charge >= 0.3 is 0 Å². The van der Waals surface area contributed by atoms with Crippen LogP contribution in [0.3, 0.4) is 0 Å². The minimum absolute atomic E-state index is 0.642. The SMILES string of the molecule is CCNCc1cnc(-c2cccc(COC)c2)s1. The van der Waals surface area contributed by atoms with Crippen molar-refractivity contribution in [2.24, 2.45) is 0 Å². The number of ether oxygens (including phenoxy) is 1. The Balaban J connectivity index is 2.15. The van der Waals surface area contributed by atoms with Gasteiger partial charge in [0.1, 0.15) is 5.01 Å². The van der Waals surface area contributed by atoms with Crippen LogP contribution in [0.15, 0.2) is 30.5 Å². The molecule has 4 heteroatoms. The lowest BCUT2D eigenvalue weighted by Crippen LogP contribution is -2.10. The molecule has 0 aliphatic rings. The van der Waals surface area contributed by atoms with Gasteiger partial charge in [0, 0.05) is 30.3 Å². The molecule has 0 bridgehead atoms. The summed E-state index contributed by atoms with van der Waals surface area (Å²) in [6.45, 7) is 4.63. The number of nitrogens with one attached hydrogen (secondary N) is 1. The van der Waals surface area contributed by atoms with E-state index in [0.717, 1.165) is 23.7 Å². The number of hydrogen-bond acceptors (Lipinski definition) is 4. The van der Waals surface area contributed by atoms with Crippen molar-refractivity contribution in [1.29, 1.82) is 0 Å². The second-order valence-electron chi connectivity index (χ2n) is 4.05. The second kappa shape index (κ2) is 6.64. The zero-order chi connectivity index (χ0) is 12.8. The molecule has 2 aromatic rings. The molecule has 0 saturated heterocycles. The summed E-state index contributed by atoms with van der Waals surface area (Å²) < 4.78 is 5.15. The molecule has 1 aromatic carbocycles. The highest BCUT2D eigenvalue weighted by Crippen LogP contribution is 2.25. The summed E-state index contributed by atoms with van der Waals surface area (Å²) in [4.78, 5) is 5.75. The van der Waals surface area contributed by atoms with Crippen molar-refractivity contribution < 1.29 is 4.74 Å². The zero-order valence-corrected chi connectivity index (χ0v) is 11.6. The lowest BCUT2D eigenvalue weighted by molar-refractivity contribution is 0.185. The van der Waals surface area contributed by atoms with E-state index in [-0.39, 0.29) is 0 Å². The monoisotopic (exact) mass is 262 g/mol. The Hall–Kier alpha value is -1.23. The molecule has 1 aromatic heterocycles. The van der Waals surface area contributed by atoms with Crippen molar-refractivity contribution in [1.82, 2.24) is 10.3 Å². The topological polar surface area (TPSA) is 34.2 Å². The van der Waals surface area contributed by atoms with Crippen molar-refractivity contribution in [3.05, 3.63) is 40.9 Å². The van der Waals surface area contributed by atoms with E-state index in [4.69, 9.17) is 4.74 Å². The van der Waals surface area contributed by atoms with Crippen LogP contribution < -0.4 is 5.32 Å². The first-order valence-corrected chi connectivity index (χ1v) is 6.88. The first-order chi connectivity index (χ1) is 8.83. The molecule has 0 aliphatic heterocycles. The molecule has 0 spiro atoms. The molecule has 2 rings (SSSR count). The maximum Gasteiger partial charge on any atom is 0.123 e. The summed E-state index contributed by atoms with van der Waals surface area (Å²) in [6.07, 6.45) is 1.95. The summed E-state index contributed by atoms with van der Waals surface area (Å²) in [5.74, 6) is 0. The van der Waals surface area contributed by atoms with Gasteiger partial charge in [-0.2, -0.15) is 0 Å². The van der Waals surface area contributed by atoms with Gasteiger partial charge in [0.15, 0.2) is 0 Å². The predicted molar refractivity (Wildman–Crippen MR) is 75.6 cm³/mol. The summed E-state index contributed by atoms with van der Waals surface area (Å²) in [7, 11) is 1.71. The molecule has 1 N–H and O–H groups in total. The molecule has 18 heavy (non-hydrogen) atoms. The number of thiazole rings is 1. The van der Waals surface area contributed by atoms with E-state index in [0.29, 0.717) is 6.61 Å². The third-order valence-corrected chi connectivity index (χ3v) is 3.63. The summed E-state index contributed by atoms with van der Waals surface area (Å²) >= 11 is 1.74. The first kappa shape index (κ1) is 13.2. The van der Waals surface area contributed by atoms with Gasteiger partial charge in [0.25, 0.3) is 0 Å². The molecule has 0 atom stereocenters. The van der Waals surface area contributed by atoms with Gasteiger partial charge in [-0.15, -0.1) is 11.3 Å². The number of rotatable bonds is 6. The summed E-state index contributed by atoms with van der Waals surface area (Å²) in [5.41, 5.74) is 2.34. The van der Waals surface area contributed by atoms with E-state index in [2.05, 4.69) is 41.5 Å². The molecule has 3 nitrogen and oxygen atoms in total.